The summed E-state index contributed by atoms with van der Waals surface area (Å²) in [4.78, 5) is 14.5. The number of aromatic nitrogens is 1. The number of carbonyl (C=O) groups is 1. The third kappa shape index (κ3) is 3.63. The lowest BCUT2D eigenvalue weighted by molar-refractivity contribution is -0.117. The second kappa shape index (κ2) is 5.41. The maximum absolute atomic E-state index is 12.6. The van der Waals surface area contributed by atoms with E-state index >= 15 is 0 Å². The van der Waals surface area contributed by atoms with Crippen molar-refractivity contribution < 1.29 is 9.18 Å². The molecule has 3 N–H and O–H groups in total. The van der Waals surface area contributed by atoms with Crippen LogP contribution >= 0.6 is 0 Å². The summed E-state index contributed by atoms with van der Waals surface area (Å²) in [5, 5.41) is 2.95. The van der Waals surface area contributed by atoms with Gasteiger partial charge in [-0.15, -0.1) is 0 Å². The topological polar surface area (TPSA) is 68.0 Å². The van der Waals surface area contributed by atoms with Crippen molar-refractivity contribution in [2.24, 2.45) is 5.73 Å². The first-order chi connectivity index (χ1) is 7.13. The Morgan fingerprint density at radius 2 is 2.40 bits per heavy atom. The number of amides is 1. The van der Waals surface area contributed by atoms with Crippen molar-refractivity contribution in [1.29, 1.82) is 0 Å². The van der Waals surface area contributed by atoms with Crippen LogP contribution in [-0.4, -0.2) is 17.4 Å². The summed E-state index contributed by atoms with van der Waals surface area (Å²) in [5.74, 6) is -0.793. The van der Waals surface area contributed by atoms with E-state index in [0.717, 1.165) is 12.6 Å². The Balaban J connectivity index is 2.65. The van der Waals surface area contributed by atoms with E-state index in [1.54, 1.807) is 6.07 Å². The second-order valence-electron chi connectivity index (χ2n) is 3.21. The maximum Gasteiger partial charge on any atom is 0.231 e. The van der Waals surface area contributed by atoms with E-state index in [4.69, 9.17) is 5.73 Å². The molecule has 1 atom stereocenters. The van der Waals surface area contributed by atoms with E-state index in [9.17, 15) is 9.18 Å². The molecule has 1 heterocycles. The summed E-state index contributed by atoms with van der Waals surface area (Å²) < 4.78 is 12.6. The van der Waals surface area contributed by atoms with Gasteiger partial charge < -0.3 is 11.1 Å². The number of halogens is 1. The molecule has 1 aromatic heterocycles. The SMILES string of the molecule is CCC(NCC(N)=O)c1ccc(F)cn1. The molecular formula is C10H14FN3O. The van der Waals surface area contributed by atoms with E-state index in [1.807, 2.05) is 6.92 Å². The fraction of sp³-hybridized carbons (Fsp3) is 0.400. The van der Waals surface area contributed by atoms with Gasteiger partial charge in [-0.1, -0.05) is 6.92 Å². The largest absolute Gasteiger partial charge is 0.369 e. The first kappa shape index (κ1) is 11.6. The van der Waals surface area contributed by atoms with Crippen LogP contribution in [0.5, 0.6) is 0 Å². The zero-order valence-electron chi connectivity index (χ0n) is 8.53. The summed E-state index contributed by atoms with van der Waals surface area (Å²) in [5.41, 5.74) is 5.72. The molecule has 0 fully saturated rings. The molecule has 82 valence electrons. The highest BCUT2D eigenvalue weighted by molar-refractivity contribution is 5.75. The van der Waals surface area contributed by atoms with Gasteiger partial charge in [0.25, 0.3) is 0 Å². The first-order valence-electron chi connectivity index (χ1n) is 4.76. The van der Waals surface area contributed by atoms with Crippen LogP contribution in [0.15, 0.2) is 18.3 Å². The van der Waals surface area contributed by atoms with Gasteiger partial charge in [-0.3, -0.25) is 9.78 Å². The molecule has 0 aliphatic carbocycles. The standard InChI is InChI=1S/C10H14FN3O/c1-2-8(14-6-10(12)15)9-4-3-7(11)5-13-9/h3-5,8,14H,2,6H2,1H3,(H2,12,15). The Labute approximate surface area is 87.7 Å². The molecule has 0 aliphatic heterocycles. The number of carbonyl (C=O) groups excluding carboxylic acids is 1. The molecule has 0 aromatic carbocycles. The number of primary amides is 1. The van der Waals surface area contributed by atoms with Gasteiger partial charge in [-0.25, -0.2) is 4.39 Å². The van der Waals surface area contributed by atoms with Gasteiger partial charge in [0, 0.05) is 6.04 Å². The van der Waals surface area contributed by atoms with E-state index in [2.05, 4.69) is 10.3 Å². The van der Waals surface area contributed by atoms with Gasteiger partial charge in [0.1, 0.15) is 5.82 Å². The summed E-state index contributed by atoms with van der Waals surface area (Å²) in [6, 6.07) is 2.87. The van der Waals surface area contributed by atoms with Crippen molar-refractivity contribution in [3.63, 3.8) is 0 Å². The van der Waals surface area contributed by atoms with Crippen LogP contribution < -0.4 is 11.1 Å². The third-order valence-electron chi connectivity index (χ3n) is 2.04. The average molecular weight is 211 g/mol. The Kier molecular flexibility index (Phi) is 4.17. The van der Waals surface area contributed by atoms with Gasteiger partial charge in [0.2, 0.25) is 5.91 Å². The molecule has 0 radical (unpaired) electrons. The fourth-order valence-corrected chi connectivity index (χ4v) is 1.28. The molecule has 0 aliphatic rings. The van der Waals surface area contributed by atoms with Gasteiger partial charge in [-0.2, -0.15) is 0 Å². The summed E-state index contributed by atoms with van der Waals surface area (Å²) in [6.45, 7) is 2.04. The van der Waals surface area contributed by atoms with Crippen LogP contribution in [0.25, 0.3) is 0 Å². The molecule has 0 bridgehead atoms. The lowest BCUT2D eigenvalue weighted by Gasteiger charge is -2.14. The van der Waals surface area contributed by atoms with Crippen molar-refractivity contribution in [3.8, 4) is 0 Å². The molecule has 4 nitrogen and oxygen atoms in total. The first-order valence-corrected chi connectivity index (χ1v) is 4.76. The number of rotatable bonds is 5. The van der Waals surface area contributed by atoms with E-state index in [0.29, 0.717) is 5.69 Å². The molecule has 1 unspecified atom stereocenters. The molecule has 1 aromatic rings. The maximum atomic E-state index is 12.6. The van der Waals surface area contributed by atoms with Crippen LogP contribution in [0.2, 0.25) is 0 Å². The molecule has 0 saturated carbocycles. The van der Waals surface area contributed by atoms with E-state index < -0.39 is 5.91 Å². The summed E-state index contributed by atoms with van der Waals surface area (Å²) >= 11 is 0. The lowest BCUT2D eigenvalue weighted by atomic mass is 10.1. The van der Waals surface area contributed by atoms with Gasteiger partial charge in [0.05, 0.1) is 18.4 Å². The number of pyridine rings is 1. The minimum atomic E-state index is -0.421. The Hall–Kier alpha value is -1.49. The monoisotopic (exact) mass is 211 g/mol. The number of hydrogen-bond acceptors (Lipinski definition) is 3. The fourth-order valence-electron chi connectivity index (χ4n) is 1.28. The Bertz CT molecular complexity index is 326. The van der Waals surface area contributed by atoms with Gasteiger partial charge >= 0.3 is 0 Å². The highest BCUT2D eigenvalue weighted by Crippen LogP contribution is 2.13. The lowest BCUT2D eigenvalue weighted by Crippen LogP contribution is -2.31. The molecule has 0 saturated heterocycles. The number of nitrogens with two attached hydrogens (primary N) is 1. The average Bonchev–Trinajstić information content (AvgIpc) is 2.21. The predicted molar refractivity (Wildman–Crippen MR) is 54.4 cm³/mol. The number of hydrogen-bond donors (Lipinski definition) is 2. The Morgan fingerprint density at radius 1 is 1.67 bits per heavy atom. The second-order valence-corrected chi connectivity index (χ2v) is 3.21. The van der Waals surface area contributed by atoms with E-state index in [-0.39, 0.29) is 18.4 Å². The minimum absolute atomic E-state index is 0.0712. The molecule has 5 heteroatoms. The molecule has 15 heavy (non-hydrogen) atoms. The molecule has 0 spiro atoms. The number of nitrogens with one attached hydrogen (secondary N) is 1. The smallest absolute Gasteiger partial charge is 0.231 e. The van der Waals surface area contributed by atoms with Gasteiger partial charge in [-0.05, 0) is 18.6 Å². The van der Waals surface area contributed by atoms with Crippen LogP contribution in [0, 0.1) is 5.82 Å². The van der Waals surface area contributed by atoms with Gasteiger partial charge in [0.15, 0.2) is 0 Å². The zero-order chi connectivity index (χ0) is 11.3. The highest BCUT2D eigenvalue weighted by atomic mass is 19.1. The van der Waals surface area contributed by atoms with E-state index in [1.165, 1.54) is 6.07 Å². The van der Waals surface area contributed by atoms with Crippen LogP contribution in [0.3, 0.4) is 0 Å². The van der Waals surface area contributed by atoms with Crippen molar-refractivity contribution in [3.05, 3.63) is 29.8 Å². The van der Waals surface area contributed by atoms with Crippen LogP contribution in [0.4, 0.5) is 4.39 Å². The zero-order valence-corrected chi connectivity index (χ0v) is 8.53. The predicted octanol–water partition coefficient (Wildman–Crippen LogP) is 0.747. The molecular weight excluding hydrogens is 197 g/mol. The van der Waals surface area contributed by atoms with Crippen molar-refractivity contribution in [1.82, 2.24) is 10.3 Å². The molecule has 1 amide bonds. The quantitative estimate of drug-likeness (QED) is 0.755. The van der Waals surface area contributed by atoms with Crippen molar-refractivity contribution >= 4 is 5.91 Å². The number of nitrogens with zero attached hydrogens (tertiary/aromatic N) is 1. The summed E-state index contributed by atoms with van der Waals surface area (Å²) in [6.07, 6.45) is 1.91. The van der Waals surface area contributed by atoms with Crippen LogP contribution in [0.1, 0.15) is 25.1 Å². The Morgan fingerprint density at radius 3 is 2.87 bits per heavy atom. The highest BCUT2D eigenvalue weighted by Gasteiger charge is 2.10. The van der Waals surface area contributed by atoms with Crippen molar-refractivity contribution in [2.45, 2.75) is 19.4 Å². The minimum Gasteiger partial charge on any atom is -0.369 e. The molecule has 1 rings (SSSR count). The third-order valence-corrected chi connectivity index (χ3v) is 2.04. The van der Waals surface area contributed by atoms with Crippen molar-refractivity contribution in [2.75, 3.05) is 6.54 Å². The van der Waals surface area contributed by atoms with Crippen LogP contribution in [-0.2, 0) is 4.79 Å². The summed E-state index contributed by atoms with van der Waals surface area (Å²) in [7, 11) is 0. The normalized spacial score (nSPS) is 12.4.